The number of anilines is 1. The van der Waals surface area contributed by atoms with Crippen LogP contribution in [-0.4, -0.2) is 37.1 Å². The van der Waals surface area contributed by atoms with E-state index in [1.807, 2.05) is 10.6 Å². The van der Waals surface area contributed by atoms with Gasteiger partial charge in [-0.15, -0.1) is 0 Å². The molecule has 2 aliphatic rings. The third-order valence-corrected chi connectivity index (χ3v) is 6.88. The minimum absolute atomic E-state index is 0.264. The van der Waals surface area contributed by atoms with Gasteiger partial charge in [-0.05, 0) is 18.8 Å². The molecule has 2 aromatic heterocycles. The summed E-state index contributed by atoms with van der Waals surface area (Å²) in [5.74, 6) is 0.877. The minimum Gasteiger partial charge on any atom is -0.339 e. The molecule has 1 aliphatic carbocycles. The maximum absolute atomic E-state index is 13.5. The molecule has 5 rings (SSSR count). The van der Waals surface area contributed by atoms with Gasteiger partial charge in [0, 0.05) is 31.7 Å². The molecule has 8 heteroatoms. The summed E-state index contributed by atoms with van der Waals surface area (Å²) in [4.78, 5) is 46.5. The van der Waals surface area contributed by atoms with Crippen molar-refractivity contribution in [2.45, 2.75) is 58.2 Å². The van der Waals surface area contributed by atoms with Gasteiger partial charge in [0.25, 0.3) is 5.56 Å². The lowest BCUT2D eigenvalue weighted by Crippen LogP contribution is -2.45. The largest absolute Gasteiger partial charge is 0.339 e. The Morgan fingerprint density at radius 2 is 1.78 bits per heavy atom. The summed E-state index contributed by atoms with van der Waals surface area (Å²) >= 11 is 0. The fourth-order valence-corrected chi connectivity index (χ4v) is 5.24. The van der Waals surface area contributed by atoms with Crippen molar-refractivity contribution in [1.82, 2.24) is 18.7 Å². The number of rotatable bonds is 4. The Balaban J connectivity index is 1.63. The van der Waals surface area contributed by atoms with Crippen LogP contribution in [-0.2, 0) is 20.1 Å². The number of aryl methyl sites for hydroxylation is 1. The first kappa shape index (κ1) is 20.7. The quantitative estimate of drug-likeness (QED) is 0.589. The molecule has 1 atom stereocenters. The van der Waals surface area contributed by atoms with Gasteiger partial charge in [0.15, 0.2) is 16.9 Å². The zero-order chi connectivity index (χ0) is 22.4. The molecule has 0 N–H and O–H groups in total. The molecular weight excluding hydrogens is 406 g/mol. The van der Waals surface area contributed by atoms with Gasteiger partial charge >= 0.3 is 5.69 Å². The Hall–Kier alpha value is -3.16. The Bertz CT molecular complexity index is 1280. The van der Waals surface area contributed by atoms with E-state index in [4.69, 9.17) is 4.98 Å². The Morgan fingerprint density at radius 1 is 1.06 bits per heavy atom. The standard InChI is InChI=1S/C24H29N5O3/c1-16-13-27(18-11-7-4-8-12-18)23-25-21-20(28(23)14-16)22(31)29(24(32)26(21)2)15-19(30)17-9-5-3-6-10-17/h3,5-6,9-10,16,18H,4,7-8,11-15H2,1-2H3. The second kappa shape index (κ2) is 8.07. The fourth-order valence-electron chi connectivity index (χ4n) is 5.24. The highest BCUT2D eigenvalue weighted by molar-refractivity contribution is 5.95. The number of Topliss-reactive ketones (excluding diaryl/α,β-unsaturated/α-hetero) is 1. The average molecular weight is 436 g/mol. The lowest BCUT2D eigenvalue weighted by atomic mass is 9.93. The minimum atomic E-state index is -0.514. The van der Waals surface area contributed by atoms with Crippen LogP contribution in [0.25, 0.3) is 11.2 Å². The van der Waals surface area contributed by atoms with Gasteiger partial charge in [-0.25, -0.2) is 4.79 Å². The average Bonchev–Trinajstić information content (AvgIpc) is 3.20. The van der Waals surface area contributed by atoms with E-state index < -0.39 is 11.2 Å². The topological polar surface area (TPSA) is 82.1 Å². The number of hydrogen-bond acceptors (Lipinski definition) is 5. The van der Waals surface area contributed by atoms with Crippen LogP contribution in [0.5, 0.6) is 0 Å². The van der Waals surface area contributed by atoms with Crippen LogP contribution in [0.3, 0.4) is 0 Å². The number of fused-ring (bicyclic) bond motifs is 3. The van der Waals surface area contributed by atoms with E-state index in [0.717, 1.165) is 29.9 Å². The number of aromatic nitrogens is 4. The summed E-state index contributed by atoms with van der Waals surface area (Å²) in [6, 6.07) is 9.17. The van der Waals surface area contributed by atoms with E-state index in [1.165, 1.54) is 23.8 Å². The summed E-state index contributed by atoms with van der Waals surface area (Å²) in [6.45, 7) is 3.48. The van der Waals surface area contributed by atoms with Crippen molar-refractivity contribution in [1.29, 1.82) is 0 Å². The summed E-state index contributed by atoms with van der Waals surface area (Å²) < 4.78 is 4.43. The van der Waals surface area contributed by atoms with E-state index in [0.29, 0.717) is 35.2 Å². The van der Waals surface area contributed by atoms with E-state index in [1.54, 1.807) is 31.3 Å². The molecule has 0 radical (unpaired) electrons. The first-order valence-corrected chi connectivity index (χ1v) is 11.5. The van der Waals surface area contributed by atoms with E-state index in [-0.39, 0.29) is 12.3 Å². The summed E-state index contributed by atoms with van der Waals surface area (Å²) in [7, 11) is 1.63. The van der Waals surface area contributed by atoms with Gasteiger partial charge in [0.2, 0.25) is 5.95 Å². The third kappa shape index (κ3) is 3.38. The van der Waals surface area contributed by atoms with Gasteiger partial charge < -0.3 is 9.47 Å². The maximum Gasteiger partial charge on any atom is 0.332 e. The molecule has 0 amide bonds. The zero-order valence-corrected chi connectivity index (χ0v) is 18.7. The molecule has 3 aromatic rings. The van der Waals surface area contributed by atoms with Crippen molar-refractivity contribution in [2.24, 2.45) is 13.0 Å². The van der Waals surface area contributed by atoms with Crippen LogP contribution in [0.2, 0.25) is 0 Å². The number of ketones is 1. The van der Waals surface area contributed by atoms with Crippen molar-refractivity contribution in [3.63, 3.8) is 0 Å². The second-order valence-electron chi connectivity index (χ2n) is 9.27. The highest BCUT2D eigenvalue weighted by Crippen LogP contribution is 2.32. The zero-order valence-electron chi connectivity index (χ0n) is 18.7. The van der Waals surface area contributed by atoms with E-state index in [2.05, 4.69) is 11.8 Å². The highest BCUT2D eigenvalue weighted by Gasteiger charge is 2.33. The molecule has 1 saturated carbocycles. The molecule has 1 aromatic carbocycles. The molecule has 1 aliphatic heterocycles. The monoisotopic (exact) mass is 435 g/mol. The first-order chi connectivity index (χ1) is 15.5. The van der Waals surface area contributed by atoms with Gasteiger partial charge in [-0.1, -0.05) is 56.5 Å². The lowest BCUT2D eigenvalue weighted by Gasteiger charge is -2.40. The molecule has 1 unspecified atom stereocenters. The fraction of sp³-hybridized carbons (Fsp3) is 0.500. The Kier molecular flexibility index (Phi) is 5.23. The van der Waals surface area contributed by atoms with Gasteiger partial charge in [0.05, 0.1) is 6.54 Å². The van der Waals surface area contributed by atoms with Gasteiger partial charge in [0.1, 0.15) is 0 Å². The number of carbonyl (C=O) groups excluding carboxylic acids is 1. The number of hydrogen-bond donors (Lipinski definition) is 0. The molecular formula is C24H29N5O3. The number of nitrogens with zero attached hydrogens (tertiary/aromatic N) is 5. The first-order valence-electron chi connectivity index (χ1n) is 11.5. The summed E-state index contributed by atoms with van der Waals surface area (Å²) in [5.41, 5.74) is 0.334. The second-order valence-corrected chi connectivity index (χ2v) is 9.27. The molecule has 3 heterocycles. The molecule has 168 valence electrons. The lowest BCUT2D eigenvalue weighted by molar-refractivity contribution is 0.0969. The number of carbonyl (C=O) groups is 1. The van der Waals surface area contributed by atoms with Crippen LogP contribution in [0.4, 0.5) is 5.95 Å². The van der Waals surface area contributed by atoms with Gasteiger partial charge in [-0.3, -0.25) is 18.7 Å². The smallest absolute Gasteiger partial charge is 0.332 e. The highest BCUT2D eigenvalue weighted by atomic mass is 16.2. The predicted octanol–water partition coefficient (Wildman–Crippen LogP) is 2.57. The molecule has 0 spiro atoms. The van der Waals surface area contributed by atoms with Crippen LogP contribution in [0.1, 0.15) is 49.4 Å². The van der Waals surface area contributed by atoms with Crippen LogP contribution >= 0.6 is 0 Å². The van der Waals surface area contributed by atoms with E-state index >= 15 is 0 Å². The van der Waals surface area contributed by atoms with Crippen molar-refractivity contribution < 1.29 is 4.79 Å². The summed E-state index contributed by atoms with van der Waals surface area (Å²) in [6.07, 6.45) is 5.95. The van der Waals surface area contributed by atoms with Crippen LogP contribution in [0.15, 0.2) is 39.9 Å². The maximum atomic E-state index is 13.5. The molecule has 8 nitrogen and oxygen atoms in total. The molecule has 0 bridgehead atoms. The van der Waals surface area contributed by atoms with Crippen LogP contribution < -0.4 is 16.1 Å². The SMILES string of the molecule is CC1CN(C2CCCCC2)c2nc3c(c(=O)n(CC(=O)c4ccccc4)c(=O)n3C)n2C1. The Labute approximate surface area is 186 Å². The van der Waals surface area contributed by atoms with Crippen molar-refractivity contribution in [3.8, 4) is 0 Å². The van der Waals surface area contributed by atoms with Crippen molar-refractivity contribution in [2.75, 3.05) is 11.4 Å². The van der Waals surface area contributed by atoms with Crippen LogP contribution in [0, 0.1) is 5.92 Å². The molecule has 0 saturated heterocycles. The Morgan fingerprint density at radius 3 is 2.50 bits per heavy atom. The third-order valence-electron chi connectivity index (χ3n) is 6.88. The summed E-state index contributed by atoms with van der Waals surface area (Å²) in [5, 5.41) is 0. The van der Waals surface area contributed by atoms with Crippen molar-refractivity contribution in [3.05, 3.63) is 56.7 Å². The van der Waals surface area contributed by atoms with Gasteiger partial charge in [-0.2, -0.15) is 4.98 Å². The normalized spacial score (nSPS) is 19.3. The molecule has 32 heavy (non-hydrogen) atoms. The number of imidazole rings is 1. The molecule has 1 fully saturated rings. The predicted molar refractivity (Wildman–Crippen MR) is 123 cm³/mol. The van der Waals surface area contributed by atoms with Crippen molar-refractivity contribution >= 4 is 22.9 Å². The van der Waals surface area contributed by atoms with E-state index in [9.17, 15) is 14.4 Å². The number of benzene rings is 1.